The van der Waals surface area contributed by atoms with Crippen molar-refractivity contribution in [3.05, 3.63) is 35.0 Å². The summed E-state index contributed by atoms with van der Waals surface area (Å²) in [6, 6.07) is 8.13. The van der Waals surface area contributed by atoms with E-state index < -0.39 is 5.60 Å². The van der Waals surface area contributed by atoms with Crippen molar-refractivity contribution in [1.29, 1.82) is 0 Å². The lowest BCUT2D eigenvalue weighted by molar-refractivity contribution is 0.00111. The molecule has 3 rings (SSSR count). The number of rotatable bonds is 2. The van der Waals surface area contributed by atoms with Gasteiger partial charge in [0.15, 0.2) is 5.58 Å². The number of halogens is 1. The topological polar surface area (TPSA) is 36.6 Å². The number of fused-ring (bicyclic) bond motifs is 1. The van der Waals surface area contributed by atoms with Crippen LogP contribution in [0.25, 0.3) is 11.0 Å². The van der Waals surface area contributed by atoms with Gasteiger partial charge in [0.2, 0.25) is 0 Å². The minimum absolute atomic E-state index is 0.512. The summed E-state index contributed by atoms with van der Waals surface area (Å²) in [7, 11) is 0. The number of hydrogen-bond donors (Lipinski definition) is 1. The Balaban J connectivity index is 1.91. The van der Waals surface area contributed by atoms with Gasteiger partial charge in [-0.25, -0.2) is 0 Å². The van der Waals surface area contributed by atoms with E-state index in [0.29, 0.717) is 28.8 Å². The van der Waals surface area contributed by atoms with Crippen LogP contribution in [0.15, 0.2) is 28.7 Å². The highest BCUT2D eigenvalue weighted by Gasteiger charge is 2.35. The summed E-state index contributed by atoms with van der Waals surface area (Å²) in [5, 5.41) is 12.6. The summed E-state index contributed by atoms with van der Waals surface area (Å²) in [6.07, 6.45) is 2.40. The molecule has 0 amide bonds. The Hall–Kier alpha value is -1.03. The fourth-order valence-electron chi connectivity index (χ4n) is 3.16. The van der Waals surface area contributed by atoms with Gasteiger partial charge in [-0.05, 0) is 51.8 Å². The molecule has 0 saturated carbocycles. The van der Waals surface area contributed by atoms with Gasteiger partial charge in [0.05, 0.1) is 5.02 Å². The Morgan fingerprint density at radius 1 is 1.29 bits per heavy atom. The number of para-hydroxylation sites is 1. The molecule has 1 aromatic carbocycles. The van der Waals surface area contributed by atoms with Gasteiger partial charge in [0.25, 0.3) is 0 Å². The molecule has 1 fully saturated rings. The molecule has 3 nitrogen and oxygen atoms in total. The number of furan rings is 1. The average molecular weight is 308 g/mol. The molecule has 0 spiro atoms. The van der Waals surface area contributed by atoms with E-state index in [4.69, 9.17) is 16.0 Å². The first kappa shape index (κ1) is 14.9. The quantitative estimate of drug-likeness (QED) is 0.904. The number of benzene rings is 1. The van der Waals surface area contributed by atoms with E-state index >= 15 is 0 Å². The molecule has 2 heterocycles. The summed E-state index contributed by atoms with van der Waals surface area (Å²) in [5.74, 6) is 0.649. The van der Waals surface area contributed by atoms with Crippen molar-refractivity contribution in [1.82, 2.24) is 4.90 Å². The van der Waals surface area contributed by atoms with Crippen LogP contribution in [0.4, 0.5) is 0 Å². The molecule has 0 radical (unpaired) electrons. The van der Waals surface area contributed by atoms with Crippen molar-refractivity contribution in [3.8, 4) is 0 Å². The molecule has 114 valence electrons. The van der Waals surface area contributed by atoms with Gasteiger partial charge in [-0.1, -0.05) is 23.7 Å². The molecule has 4 heteroatoms. The molecule has 1 atom stereocenters. The second-order valence-electron chi connectivity index (χ2n) is 6.28. The van der Waals surface area contributed by atoms with Crippen LogP contribution in [-0.4, -0.2) is 29.1 Å². The van der Waals surface area contributed by atoms with Gasteiger partial charge >= 0.3 is 0 Å². The highest BCUT2D eigenvalue weighted by molar-refractivity contribution is 6.34. The van der Waals surface area contributed by atoms with Gasteiger partial charge in [0.1, 0.15) is 11.4 Å². The summed E-state index contributed by atoms with van der Waals surface area (Å²) in [4.78, 5) is 2.41. The van der Waals surface area contributed by atoms with Crippen molar-refractivity contribution < 1.29 is 9.52 Å². The lowest BCUT2D eigenvalue weighted by Crippen LogP contribution is -2.33. The van der Waals surface area contributed by atoms with Crippen LogP contribution in [0.2, 0.25) is 5.02 Å². The Kier molecular flexibility index (Phi) is 4.00. The molecular weight excluding hydrogens is 286 g/mol. The number of nitrogens with zero attached hydrogens (tertiary/aromatic N) is 1. The van der Waals surface area contributed by atoms with E-state index in [9.17, 15) is 5.11 Å². The Morgan fingerprint density at radius 3 is 2.81 bits per heavy atom. The summed E-state index contributed by atoms with van der Waals surface area (Å²) < 4.78 is 5.89. The minimum Gasteiger partial charge on any atom is -0.456 e. The molecule has 1 saturated heterocycles. The van der Waals surface area contributed by atoms with Gasteiger partial charge in [-0.3, -0.25) is 0 Å². The van der Waals surface area contributed by atoms with E-state index in [0.717, 1.165) is 31.3 Å². The monoisotopic (exact) mass is 307 g/mol. The van der Waals surface area contributed by atoms with E-state index in [-0.39, 0.29) is 0 Å². The molecule has 1 aliphatic heterocycles. The summed E-state index contributed by atoms with van der Waals surface area (Å²) in [5.41, 5.74) is -0.209. The normalized spacial score (nSPS) is 24.6. The third-order valence-corrected chi connectivity index (χ3v) is 4.83. The lowest BCUT2D eigenvalue weighted by Gasteiger charge is -2.26. The molecule has 21 heavy (non-hydrogen) atoms. The third kappa shape index (κ3) is 2.83. The SMILES string of the molecule is CC(C)N1CCCC(O)(c2cc3cccc(Cl)c3o2)CC1. The number of hydrogen-bond acceptors (Lipinski definition) is 3. The zero-order chi connectivity index (χ0) is 15.0. The molecule has 0 bridgehead atoms. The molecule has 1 aromatic heterocycles. The van der Waals surface area contributed by atoms with Crippen LogP contribution in [0.1, 0.15) is 38.9 Å². The molecule has 0 aliphatic carbocycles. The minimum atomic E-state index is -0.883. The van der Waals surface area contributed by atoms with E-state index in [2.05, 4.69) is 18.7 Å². The first-order valence-corrected chi connectivity index (χ1v) is 8.02. The summed E-state index contributed by atoms with van der Waals surface area (Å²) in [6.45, 7) is 6.32. The molecule has 2 aromatic rings. The molecule has 1 N–H and O–H groups in total. The summed E-state index contributed by atoms with van der Waals surface area (Å²) >= 11 is 6.17. The molecular formula is C17H22ClNO2. The molecule has 1 aliphatic rings. The van der Waals surface area contributed by atoms with E-state index in [1.54, 1.807) is 0 Å². The zero-order valence-electron chi connectivity index (χ0n) is 12.6. The second-order valence-corrected chi connectivity index (χ2v) is 6.69. The van der Waals surface area contributed by atoms with E-state index in [1.807, 2.05) is 24.3 Å². The fourth-order valence-corrected chi connectivity index (χ4v) is 3.38. The van der Waals surface area contributed by atoms with Crippen LogP contribution >= 0.6 is 11.6 Å². The smallest absolute Gasteiger partial charge is 0.153 e. The highest BCUT2D eigenvalue weighted by atomic mass is 35.5. The Labute approximate surface area is 130 Å². The number of likely N-dealkylation sites (tertiary alicyclic amines) is 1. The first-order chi connectivity index (χ1) is 9.99. The van der Waals surface area contributed by atoms with Crippen molar-refractivity contribution in [2.75, 3.05) is 13.1 Å². The predicted molar refractivity (Wildman–Crippen MR) is 85.7 cm³/mol. The van der Waals surface area contributed by atoms with Crippen LogP contribution in [0.3, 0.4) is 0 Å². The van der Waals surface area contributed by atoms with Crippen molar-refractivity contribution in [2.24, 2.45) is 0 Å². The molecule has 1 unspecified atom stereocenters. The maximum atomic E-state index is 11.1. The van der Waals surface area contributed by atoms with Crippen molar-refractivity contribution in [2.45, 2.75) is 44.8 Å². The Bertz CT molecular complexity index is 637. The van der Waals surface area contributed by atoms with Gasteiger partial charge in [0, 0.05) is 18.0 Å². The second kappa shape index (κ2) is 5.64. The van der Waals surface area contributed by atoms with E-state index in [1.165, 1.54) is 0 Å². The maximum Gasteiger partial charge on any atom is 0.153 e. The highest BCUT2D eigenvalue weighted by Crippen LogP contribution is 2.38. The fraction of sp³-hybridized carbons (Fsp3) is 0.529. The average Bonchev–Trinajstić information content (AvgIpc) is 2.78. The van der Waals surface area contributed by atoms with Crippen molar-refractivity contribution in [3.63, 3.8) is 0 Å². The standard InChI is InChI=1S/C17H22ClNO2/c1-12(2)19-9-4-7-17(20,8-10-19)15-11-13-5-3-6-14(18)16(13)21-15/h3,5-6,11-12,20H,4,7-10H2,1-2H3. The largest absolute Gasteiger partial charge is 0.456 e. The maximum absolute atomic E-state index is 11.1. The van der Waals surface area contributed by atoms with Crippen LogP contribution in [-0.2, 0) is 5.60 Å². The van der Waals surface area contributed by atoms with Crippen LogP contribution < -0.4 is 0 Å². The first-order valence-electron chi connectivity index (χ1n) is 7.64. The lowest BCUT2D eigenvalue weighted by atomic mass is 9.92. The predicted octanol–water partition coefficient (Wildman–Crippen LogP) is 4.17. The third-order valence-electron chi connectivity index (χ3n) is 4.53. The van der Waals surface area contributed by atoms with Crippen LogP contribution in [0.5, 0.6) is 0 Å². The van der Waals surface area contributed by atoms with Gasteiger partial charge < -0.3 is 14.4 Å². The Morgan fingerprint density at radius 2 is 2.10 bits per heavy atom. The van der Waals surface area contributed by atoms with Crippen molar-refractivity contribution >= 4 is 22.6 Å². The van der Waals surface area contributed by atoms with Gasteiger partial charge in [-0.15, -0.1) is 0 Å². The van der Waals surface area contributed by atoms with Gasteiger partial charge in [-0.2, -0.15) is 0 Å². The van der Waals surface area contributed by atoms with Crippen LogP contribution in [0, 0.1) is 0 Å². The number of aliphatic hydroxyl groups is 1. The zero-order valence-corrected chi connectivity index (χ0v) is 13.4.